The van der Waals surface area contributed by atoms with Gasteiger partial charge in [-0.1, -0.05) is 6.92 Å². The average molecular weight is 242 g/mol. The molecule has 1 aromatic rings. The van der Waals surface area contributed by atoms with Crippen molar-refractivity contribution < 1.29 is 9.90 Å². The van der Waals surface area contributed by atoms with Gasteiger partial charge in [-0.25, -0.2) is 0 Å². The van der Waals surface area contributed by atoms with Crippen LogP contribution >= 0.6 is 11.8 Å². The fourth-order valence-corrected chi connectivity index (χ4v) is 2.16. The first-order valence-corrected chi connectivity index (χ1v) is 6.53. The Balaban J connectivity index is 2.65. The van der Waals surface area contributed by atoms with Crippen LogP contribution in [0.5, 0.6) is 0 Å². The molecule has 1 atom stereocenters. The molecular weight excluding hydrogens is 224 g/mol. The lowest BCUT2D eigenvalue weighted by Gasteiger charge is -2.07. The van der Waals surface area contributed by atoms with Crippen LogP contribution in [-0.4, -0.2) is 26.1 Å². The number of hydrogen-bond donors (Lipinski definition) is 1. The highest BCUT2D eigenvalue weighted by Gasteiger charge is 2.13. The van der Waals surface area contributed by atoms with E-state index in [4.69, 9.17) is 5.11 Å². The second-order valence-electron chi connectivity index (χ2n) is 3.59. The van der Waals surface area contributed by atoms with E-state index in [0.29, 0.717) is 5.75 Å². The molecule has 0 bridgehead atoms. The van der Waals surface area contributed by atoms with Gasteiger partial charge in [-0.05, 0) is 26.3 Å². The van der Waals surface area contributed by atoms with Gasteiger partial charge in [-0.2, -0.15) is 5.10 Å². The summed E-state index contributed by atoms with van der Waals surface area (Å²) in [5, 5.41) is 12.9. The molecule has 4 nitrogen and oxygen atoms in total. The summed E-state index contributed by atoms with van der Waals surface area (Å²) in [6.07, 6.45) is 0.916. The molecule has 0 aliphatic carbocycles. The van der Waals surface area contributed by atoms with Gasteiger partial charge in [0, 0.05) is 18.0 Å². The van der Waals surface area contributed by atoms with Gasteiger partial charge in [0.25, 0.3) is 0 Å². The molecule has 5 heteroatoms. The van der Waals surface area contributed by atoms with Gasteiger partial charge in [-0.15, -0.1) is 11.8 Å². The van der Waals surface area contributed by atoms with Crippen LogP contribution < -0.4 is 0 Å². The molecule has 0 radical (unpaired) electrons. The van der Waals surface area contributed by atoms with Crippen molar-refractivity contribution in [3.05, 3.63) is 17.5 Å². The molecule has 1 aromatic heterocycles. The number of carboxylic acid groups (broad SMARTS) is 1. The second kappa shape index (κ2) is 5.94. The van der Waals surface area contributed by atoms with Crippen molar-refractivity contribution >= 4 is 17.7 Å². The first-order chi connectivity index (χ1) is 7.58. The van der Waals surface area contributed by atoms with Crippen molar-refractivity contribution in [3.63, 3.8) is 0 Å². The fourth-order valence-electron chi connectivity index (χ4n) is 1.36. The Bertz CT molecular complexity index is 363. The monoisotopic (exact) mass is 242 g/mol. The Morgan fingerprint density at radius 2 is 2.31 bits per heavy atom. The molecule has 0 saturated heterocycles. The second-order valence-corrected chi connectivity index (χ2v) is 4.92. The minimum absolute atomic E-state index is 0.370. The number of carboxylic acids is 1. The first-order valence-electron chi connectivity index (χ1n) is 5.48. The smallest absolute Gasteiger partial charge is 0.316 e. The Kier molecular flexibility index (Phi) is 4.86. The molecule has 0 fully saturated rings. The molecule has 0 aliphatic rings. The molecule has 0 spiro atoms. The standard InChI is InChI=1S/C11H18N2O2S/c1-4-9-6-10(13(5-2)12-9)7-16-8(3)11(14)15/h6,8H,4-5,7H2,1-3H3,(H,14,15). The van der Waals surface area contributed by atoms with Crippen LogP contribution in [0.1, 0.15) is 32.2 Å². The molecule has 0 amide bonds. The number of nitrogens with zero attached hydrogens (tertiary/aromatic N) is 2. The topological polar surface area (TPSA) is 55.1 Å². The van der Waals surface area contributed by atoms with Gasteiger partial charge < -0.3 is 5.11 Å². The molecule has 16 heavy (non-hydrogen) atoms. The van der Waals surface area contributed by atoms with Crippen LogP contribution in [-0.2, 0) is 23.5 Å². The Hall–Kier alpha value is -0.970. The van der Waals surface area contributed by atoms with Crippen LogP contribution in [0.3, 0.4) is 0 Å². The van der Waals surface area contributed by atoms with Crippen LogP contribution in [0.2, 0.25) is 0 Å². The van der Waals surface area contributed by atoms with E-state index in [1.807, 2.05) is 11.6 Å². The SMILES string of the molecule is CCc1cc(CSC(C)C(=O)O)n(CC)n1. The van der Waals surface area contributed by atoms with Crippen molar-refractivity contribution in [2.24, 2.45) is 0 Å². The molecule has 0 aliphatic heterocycles. The quantitative estimate of drug-likeness (QED) is 0.830. The van der Waals surface area contributed by atoms with Crippen LogP contribution in [0.4, 0.5) is 0 Å². The van der Waals surface area contributed by atoms with Crippen molar-refractivity contribution in [3.8, 4) is 0 Å². The van der Waals surface area contributed by atoms with Gasteiger partial charge in [0.2, 0.25) is 0 Å². The van der Waals surface area contributed by atoms with E-state index in [9.17, 15) is 4.79 Å². The number of rotatable bonds is 6. The highest BCUT2D eigenvalue weighted by Crippen LogP contribution is 2.18. The third-order valence-corrected chi connectivity index (χ3v) is 3.57. The molecule has 1 N–H and O–H groups in total. The van der Waals surface area contributed by atoms with Gasteiger partial charge in [-0.3, -0.25) is 9.48 Å². The average Bonchev–Trinajstić information content (AvgIpc) is 2.68. The van der Waals surface area contributed by atoms with E-state index in [-0.39, 0.29) is 5.25 Å². The van der Waals surface area contributed by atoms with Gasteiger partial charge >= 0.3 is 5.97 Å². The Morgan fingerprint density at radius 1 is 1.62 bits per heavy atom. The van der Waals surface area contributed by atoms with Gasteiger partial charge in [0.05, 0.1) is 10.9 Å². The summed E-state index contributed by atoms with van der Waals surface area (Å²) in [6.45, 7) is 6.65. The summed E-state index contributed by atoms with van der Waals surface area (Å²) in [4.78, 5) is 10.7. The third kappa shape index (κ3) is 3.27. The lowest BCUT2D eigenvalue weighted by molar-refractivity contribution is -0.136. The van der Waals surface area contributed by atoms with Crippen LogP contribution in [0.15, 0.2) is 6.07 Å². The molecule has 0 aromatic carbocycles. The molecule has 1 heterocycles. The zero-order valence-electron chi connectivity index (χ0n) is 9.93. The first kappa shape index (κ1) is 13.1. The largest absolute Gasteiger partial charge is 0.480 e. The number of carbonyl (C=O) groups is 1. The summed E-state index contributed by atoms with van der Waals surface area (Å²) >= 11 is 1.43. The van der Waals surface area contributed by atoms with Crippen molar-refractivity contribution in [2.45, 2.75) is 44.7 Å². The zero-order valence-corrected chi connectivity index (χ0v) is 10.8. The van der Waals surface area contributed by atoms with E-state index < -0.39 is 5.97 Å². The normalized spacial score (nSPS) is 12.7. The summed E-state index contributed by atoms with van der Waals surface area (Å²) in [5.74, 6) is -0.0582. The summed E-state index contributed by atoms with van der Waals surface area (Å²) in [6, 6.07) is 2.06. The van der Waals surface area contributed by atoms with E-state index in [1.165, 1.54) is 11.8 Å². The van der Waals surface area contributed by atoms with Crippen molar-refractivity contribution in [2.75, 3.05) is 0 Å². The maximum atomic E-state index is 10.7. The predicted octanol–water partition coefficient (Wildman–Crippen LogP) is 2.17. The highest BCUT2D eigenvalue weighted by molar-refractivity contribution is 7.99. The lowest BCUT2D eigenvalue weighted by Crippen LogP contribution is -2.12. The summed E-state index contributed by atoms with van der Waals surface area (Å²) < 4.78 is 1.94. The minimum atomic E-state index is -0.761. The van der Waals surface area contributed by atoms with Gasteiger partial charge in [0.15, 0.2) is 0 Å². The van der Waals surface area contributed by atoms with E-state index >= 15 is 0 Å². The molecule has 1 rings (SSSR count). The van der Waals surface area contributed by atoms with Crippen LogP contribution in [0.25, 0.3) is 0 Å². The zero-order chi connectivity index (χ0) is 12.1. The van der Waals surface area contributed by atoms with E-state index in [0.717, 1.165) is 24.4 Å². The fraction of sp³-hybridized carbons (Fsp3) is 0.636. The van der Waals surface area contributed by atoms with Gasteiger partial charge in [0.1, 0.15) is 0 Å². The lowest BCUT2D eigenvalue weighted by atomic mass is 10.3. The number of thioether (sulfide) groups is 1. The number of hydrogen-bond acceptors (Lipinski definition) is 3. The maximum absolute atomic E-state index is 10.7. The maximum Gasteiger partial charge on any atom is 0.316 e. The Morgan fingerprint density at radius 3 is 2.81 bits per heavy atom. The summed E-state index contributed by atoms with van der Waals surface area (Å²) in [5.41, 5.74) is 2.18. The number of aliphatic carboxylic acids is 1. The van der Waals surface area contributed by atoms with E-state index in [1.54, 1.807) is 6.92 Å². The number of aryl methyl sites for hydroxylation is 2. The van der Waals surface area contributed by atoms with Crippen LogP contribution in [0, 0.1) is 0 Å². The predicted molar refractivity (Wildman–Crippen MR) is 65.7 cm³/mol. The molecule has 1 unspecified atom stereocenters. The number of aromatic nitrogens is 2. The molecule has 0 saturated carbocycles. The molecule has 90 valence electrons. The minimum Gasteiger partial charge on any atom is -0.480 e. The van der Waals surface area contributed by atoms with Crippen molar-refractivity contribution in [1.29, 1.82) is 0 Å². The highest BCUT2D eigenvalue weighted by atomic mass is 32.2. The van der Waals surface area contributed by atoms with E-state index in [2.05, 4.69) is 18.1 Å². The summed E-state index contributed by atoms with van der Waals surface area (Å²) in [7, 11) is 0. The molecular formula is C11H18N2O2S. The Labute approximate surface area is 100 Å². The third-order valence-electron chi connectivity index (χ3n) is 2.40. The van der Waals surface area contributed by atoms with Crippen molar-refractivity contribution in [1.82, 2.24) is 9.78 Å².